The number of piperazine rings is 1. The number of nitrogens with one attached hydrogen (secondary N) is 1. The Hall–Kier alpha value is -3.64. The van der Waals surface area contributed by atoms with Crippen molar-refractivity contribution in [3.63, 3.8) is 0 Å². The zero-order valence-electron chi connectivity index (χ0n) is 19.2. The van der Waals surface area contributed by atoms with Gasteiger partial charge in [-0.2, -0.15) is 0 Å². The van der Waals surface area contributed by atoms with Gasteiger partial charge in [-0.05, 0) is 52.4 Å². The van der Waals surface area contributed by atoms with Crippen molar-refractivity contribution in [2.24, 2.45) is 7.05 Å². The van der Waals surface area contributed by atoms with E-state index in [1.807, 2.05) is 17.0 Å². The van der Waals surface area contributed by atoms with E-state index in [1.165, 1.54) is 22.0 Å². The Bertz CT molecular complexity index is 1210. The van der Waals surface area contributed by atoms with Gasteiger partial charge in [0.05, 0.1) is 5.75 Å². The minimum Gasteiger partial charge on any atom is -0.454 e. The third-order valence-corrected chi connectivity index (χ3v) is 6.84. The maximum absolute atomic E-state index is 13.0. The number of rotatable bonds is 7. The molecule has 3 heterocycles. The number of benzene rings is 2. The highest BCUT2D eigenvalue weighted by Crippen LogP contribution is 2.32. The summed E-state index contributed by atoms with van der Waals surface area (Å²) in [6.45, 7) is 4.00. The van der Waals surface area contributed by atoms with Crippen LogP contribution in [0.4, 0.5) is 5.69 Å². The standard InChI is InChI=1S/C23H25N7O4S/c1-28-23(25-26-27-28)35-14-21(31)24-18-5-3-17(4-6-18)22(32)30-10-8-29(9-11-30)13-16-2-7-19-20(12-16)34-15-33-19/h2-7,12H,8-11,13-15H2,1H3,(H,24,31). The first-order valence-electron chi connectivity index (χ1n) is 11.2. The third-order valence-electron chi connectivity index (χ3n) is 5.83. The maximum atomic E-state index is 13.0. The molecule has 2 amide bonds. The van der Waals surface area contributed by atoms with Gasteiger partial charge in [-0.1, -0.05) is 17.8 Å². The van der Waals surface area contributed by atoms with Crippen molar-refractivity contribution in [2.45, 2.75) is 11.7 Å². The topological polar surface area (TPSA) is 115 Å². The molecule has 0 atom stereocenters. The molecule has 2 aliphatic rings. The van der Waals surface area contributed by atoms with Crippen molar-refractivity contribution in [1.82, 2.24) is 30.0 Å². The molecule has 0 bridgehead atoms. The number of tetrazole rings is 1. The molecule has 0 spiro atoms. The lowest BCUT2D eigenvalue weighted by atomic mass is 10.1. The molecule has 0 aliphatic carbocycles. The molecule has 0 unspecified atom stereocenters. The Morgan fingerprint density at radius 3 is 2.54 bits per heavy atom. The van der Waals surface area contributed by atoms with Crippen LogP contribution < -0.4 is 14.8 Å². The van der Waals surface area contributed by atoms with Crippen LogP contribution in [0.2, 0.25) is 0 Å². The fraction of sp³-hybridized carbons (Fsp3) is 0.348. The summed E-state index contributed by atoms with van der Waals surface area (Å²) < 4.78 is 12.3. The maximum Gasteiger partial charge on any atom is 0.253 e. The quantitative estimate of drug-likeness (QED) is 0.488. The molecule has 11 nitrogen and oxygen atoms in total. The number of aryl methyl sites for hydroxylation is 1. The summed E-state index contributed by atoms with van der Waals surface area (Å²) in [5, 5.41) is 14.5. The highest BCUT2D eigenvalue weighted by molar-refractivity contribution is 7.99. The molecule has 5 rings (SSSR count). The van der Waals surface area contributed by atoms with Crippen molar-refractivity contribution >= 4 is 29.3 Å². The molecule has 12 heteroatoms. The highest BCUT2D eigenvalue weighted by atomic mass is 32.2. The van der Waals surface area contributed by atoms with Crippen LogP contribution in [0.1, 0.15) is 15.9 Å². The van der Waals surface area contributed by atoms with Crippen LogP contribution >= 0.6 is 11.8 Å². The van der Waals surface area contributed by atoms with Crippen LogP contribution in [-0.2, 0) is 18.4 Å². The first-order chi connectivity index (χ1) is 17.0. The summed E-state index contributed by atoms with van der Waals surface area (Å²) in [6.07, 6.45) is 0. The van der Waals surface area contributed by atoms with Gasteiger partial charge in [0.1, 0.15) is 0 Å². The third kappa shape index (κ3) is 5.54. The van der Waals surface area contributed by atoms with E-state index >= 15 is 0 Å². The minimum absolute atomic E-state index is 0.00376. The van der Waals surface area contributed by atoms with Crippen molar-refractivity contribution in [1.29, 1.82) is 0 Å². The van der Waals surface area contributed by atoms with Gasteiger partial charge in [0.2, 0.25) is 17.9 Å². The molecule has 2 aromatic carbocycles. The molecule has 35 heavy (non-hydrogen) atoms. The lowest BCUT2D eigenvalue weighted by Crippen LogP contribution is -2.48. The molecular formula is C23H25N7O4S. The summed E-state index contributed by atoms with van der Waals surface area (Å²) in [6, 6.07) is 13.0. The van der Waals surface area contributed by atoms with Gasteiger partial charge >= 0.3 is 0 Å². The van der Waals surface area contributed by atoms with E-state index in [-0.39, 0.29) is 24.4 Å². The number of carbonyl (C=O) groups excluding carboxylic acids is 2. The van der Waals surface area contributed by atoms with E-state index in [0.29, 0.717) is 29.5 Å². The summed E-state index contributed by atoms with van der Waals surface area (Å²) in [4.78, 5) is 29.4. The second-order valence-corrected chi connectivity index (χ2v) is 9.20. The summed E-state index contributed by atoms with van der Waals surface area (Å²) in [5.41, 5.74) is 2.40. The van der Waals surface area contributed by atoms with Crippen molar-refractivity contribution in [3.8, 4) is 11.5 Å². The Morgan fingerprint density at radius 2 is 1.80 bits per heavy atom. The zero-order valence-corrected chi connectivity index (χ0v) is 20.0. The normalized spacial score (nSPS) is 15.3. The van der Waals surface area contributed by atoms with Crippen LogP contribution in [0.3, 0.4) is 0 Å². The Balaban J connectivity index is 1.08. The second-order valence-electron chi connectivity index (χ2n) is 8.26. The Labute approximate surface area is 206 Å². The van der Waals surface area contributed by atoms with Crippen LogP contribution in [0.15, 0.2) is 47.6 Å². The van der Waals surface area contributed by atoms with Gasteiger partial charge in [0.25, 0.3) is 5.91 Å². The van der Waals surface area contributed by atoms with Gasteiger partial charge in [-0.3, -0.25) is 14.5 Å². The second kappa shape index (κ2) is 10.3. The van der Waals surface area contributed by atoms with E-state index in [1.54, 1.807) is 31.3 Å². The summed E-state index contributed by atoms with van der Waals surface area (Å²) in [7, 11) is 1.72. The molecule has 1 saturated heterocycles. The fourth-order valence-electron chi connectivity index (χ4n) is 3.96. The van der Waals surface area contributed by atoms with Crippen LogP contribution in [0.5, 0.6) is 11.5 Å². The first kappa shape index (κ1) is 23.1. The number of nitrogens with zero attached hydrogens (tertiary/aromatic N) is 6. The predicted octanol–water partition coefficient (Wildman–Crippen LogP) is 1.63. The van der Waals surface area contributed by atoms with Crippen LogP contribution in [0, 0.1) is 0 Å². The van der Waals surface area contributed by atoms with Gasteiger partial charge in [0.15, 0.2) is 11.5 Å². The smallest absolute Gasteiger partial charge is 0.253 e. The SMILES string of the molecule is Cn1nnnc1SCC(=O)Nc1ccc(C(=O)N2CCN(Cc3ccc4c(c3)OCO4)CC2)cc1. The van der Waals surface area contributed by atoms with Crippen molar-refractivity contribution < 1.29 is 19.1 Å². The van der Waals surface area contributed by atoms with Gasteiger partial charge in [-0.25, -0.2) is 4.68 Å². The van der Waals surface area contributed by atoms with Crippen molar-refractivity contribution in [3.05, 3.63) is 53.6 Å². The number of anilines is 1. The predicted molar refractivity (Wildman–Crippen MR) is 128 cm³/mol. The van der Waals surface area contributed by atoms with E-state index in [0.717, 1.165) is 31.1 Å². The monoisotopic (exact) mass is 495 g/mol. The minimum atomic E-state index is -0.171. The van der Waals surface area contributed by atoms with Crippen molar-refractivity contribution in [2.75, 3.05) is 44.0 Å². The molecular weight excluding hydrogens is 470 g/mol. The van der Waals surface area contributed by atoms with Gasteiger partial charge in [0, 0.05) is 51.0 Å². The lowest BCUT2D eigenvalue weighted by Gasteiger charge is -2.34. The van der Waals surface area contributed by atoms with Crippen LogP contribution in [-0.4, -0.2) is 80.5 Å². The van der Waals surface area contributed by atoms with E-state index in [2.05, 4.69) is 31.8 Å². The number of hydrogen-bond donors (Lipinski definition) is 1. The fourth-order valence-corrected chi connectivity index (χ4v) is 4.61. The molecule has 182 valence electrons. The number of fused-ring (bicyclic) bond motifs is 1. The number of carbonyl (C=O) groups is 2. The number of amides is 2. The summed E-state index contributed by atoms with van der Waals surface area (Å²) >= 11 is 1.25. The van der Waals surface area contributed by atoms with Gasteiger partial charge < -0.3 is 19.7 Å². The number of hydrogen-bond acceptors (Lipinski definition) is 9. The number of aromatic nitrogens is 4. The molecule has 0 radical (unpaired) electrons. The molecule has 1 fully saturated rings. The van der Waals surface area contributed by atoms with E-state index in [9.17, 15) is 9.59 Å². The molecule has 1 aromatic heterocycles. The number of ether oxygens (including phenoxy) is 2. The average Bonchev–Trinajstić information content (AvgIpc) is 3.51. The molecule has 2 aliphatic heterocycles. The van der Waals surface area contributed by atoms with E-state index < -0.39 is 0 Å². The Morgan fingerprint density at radius 1 is 1.03 bits per heavy atom. The van der Waals surface area contributed by atoms with Gasteiger partial charge in [-0.15, -0.1) is 5.10 Å². The molecule has 3 aromatic rings. The lowest BCUT2D eigenvalue weighted by molar-refractivity contribution is -0.113. The van der Waals surface area contributed by atoms with E-state index in [4.69, 9.17) is 9.47 Å². The summed E-state index contributed by atoms with van der Waals surface area (Å²) in [5.74, 6) is 1.59. The number of thioether (sulfide) groups is 1. The first-order valence-corrected chi connectivity index (χ1v) is 12.2. The highest BCUT2D eigenvalue weighted by Gasteiger charge is 2.23. The zero-order chi connectivity index (χ0) is 24.2. The average molecular weight is 496 g/mol. The Kier molecular flexibility index (Phi) is 6.82. The van der Waals surface area contributed by atoms with Crippen LogP contribution in [0.25, 0.3) is 0 Å². The largest absolute Gasteiger partial charge is 0.454 e. The molecule has 1 N–H and O–H groups in total. The molecule has 0 saturated carbocycles.